The number of nitrogens with zero attached hydrogens (tertiary/aromatic N) is 2. The van der Waals surface area contributed by atoms with Crippen LogP contribution >= 0.6 is 0 Å². The van der Waals surface area contributed by atoms with E-state index in [2.05, 4.69) is 20.6 Å². The van der Waals surface area contributed by atoms with Crippen LogP contribution in [-0.4, -0.2) is 71.0 Å². The number of aryl methyl sites for hydroxylation is 1. The van der Waals surface area contributed by atoms with E-state index < -0.39 is 29.5 Å². The Morgan fingerprint density at radius 1 is 1.07 bits per heavy atom. The van der Waals surface area contributed by atoms with Crippen molar-refractivity contribution in [3.8, 4) is 17.2 Å². The molecule has 3 aromatic rings. The molecule has 1 saturated carbocycles. The summed E-state index contributed by atoms with van der Waals surface area (Å²) in [5.41, 5.74) is 0.512. The first kappa shape index (κ1) is 27.3. The van der Waals surface area contributed by atoms with Gasteiger partial charge in [-0.05, 0) is 55.5 Å². The van der Waals surface area contributed by atoms with Crippen molar-refractivity contribution >= 4 is 17.7 Å². The van der Waals surface area contributed by atoms with Crippen LogP contribution in [0.5, 0.6) is 17.2 Å². The molecule has 0 spiro atoms. The molecule has 2 aromatic carbocycles. The van der Waals surface area contributed by atoms with Crippen LogP contribution in [0.2, 0.25) is 0 Å². The zero-order chi connectivity index (χ0) is 29.2. The summed E-state index contributed by atoms with van der Waals surface area (Å²) in [5, 5.41) is 5.82. The average molecular weight is 574 g/mol. The Balaban J connectivity index is 1.29. The third-order valence-electron chi connectivity index (χ3n) is 7.42. The maximum absolute atomic E-state index is 13.6. The number of aromatic amines is 1. The van der Waals surface area contributed by atoms with E-state index >= 15 is 0 Å². The molecule has 3 aliphatic heterocycles. The van der Waals surface area contributed by atoms with Crippen molar-refractivity contribution in [2.75, 3.05) is 26.3 Å². The standard InChI is InChI=1S/C30H31N5O7/c1-17-31-12-24(29(38)33-17)30(39)35-13-25-26(14-35)42-21-6-4-18(5-7-21)11-32-27(36)16-41-23-9-20(28(37)34-25)8-22(10-23)40-15-19-2-3-19/h4-10,12,19,25-26H,2-3,11,13-16H2,1H3,(H,32,36)(H,34,37)(H,31,33,38)/t25-,26-/m0/s1. The van der Waals surface area contributed by atoms with Gasteiger partial charge in [0.2, 0.25) is 0 Å². The van der Waals surface area contributed by atoms with Crippen LogP contribution in [0.3, 0.4) is 0 Å². The Labute approximate surface area is 241 Å². The van der Waals surface area contributed by atoms with Crippen molar-refractivity contribution in [3.63, 3.8) is 0 Å². The summed E-state index contributed by atoms with van der Waals surface area (Å²) < 4.78 is 17.9. The lowest BCUT2D eigenvalue weighted by Gasteiger charge is -2.21. The first-order valence-corrected chi connectivity index (χ1v) is 13.9. The van der Waals surface area contributed by atoms with E-state index in [4.69, 9.17) is 14.2 Å². The summed E-state index contributed by atoms with van der Waals surface area (Å²) >= 11 is 0. The number of aromatic nitrogens is 2. The molecule has 42 heavy (non-hydrogen) atoms. The van der Waals surface area contributed by atoms with Crippen molar-refractivity contribution in [2.45, 2.75) is 38.5 Å². The number of rotatable bonds is 4. The topological polar surface area (TPSA) is 152 Å². The highest BCUT2D eigenvalue weighted by atomic mass is 16.5. The molecule has 1 aromatic heterocycles. The molecule has 2 fully saturated rings. The van der Waals surface area contributed by atoms with Gasteiger partial charge in [0.05, 0.1) is 19.2 Å². The molecule has 12 nitrogen and oxygen atoms in total. The molecule has 4 heterocycles. The SMILES string of the molecule is Cc1ncc(C(=O)N2C[C@@H]3NC(=O)c4cc(cc(OCC5CC5)c4)OCC(=O)NCc4ccc(cc4)O[C@H]3C2)c(=O)[nH]1. The van der Waals surface area contributed by atoms with E-state index in [0.29, 0.717) is 42.1 Å². The molecule has 218 valence electrons. The van der Waals surface area contributed by atoms with Gasteiger partial charge in [-0.3, -0.25) is 19.2 Å². The Bertz CT molecular complexity index is 1570. The molecular weight excluding hydrogens is 542 g/mol. The van der Waals surface area contributed by atoms with Crippen LogP contribution < -0.4 is 30.4 Å². The minimum absolute atomic E-state index is 0.0884. The number of amides is 3. The highest BCUT2D eigenvalue weighted by Crippen LogP contribution is 2.31. The second-order valence-corrected chi connectivity index (χ2v) is 10.8. The fourth-order valence-electron chi connectivity index (χ4n) is 4.89. The van der Waals surface area contributed by atoms with Crippen molar-refractivity contribution in [3.05, 3.63) is 81.5 Å². The molecule has 4 bridgehead atoms. The Hall–Kier alpha value is -4.87. The maximum Gasteiger partial charge on any atom is 0.263 e. The Kier molecular flexibility index (Phi) is 7.51. The highest BCUT2D eigenvalue weighted by molar-refractivity contribution is 5.96. The van der Waals surface area contributed by atoms with Crippen LogP contribution in [0.4, 0.5) is 0 Å². The fraction of sp³-hybridized carbons (Fsp3) is 0.367. The number of carbonyl (C=O) groups excluding carboxylic acids is 3. The van der Waals surface area contributed by atoms with E-state index in [0.717, 1.165) is 18.4 Å². The van der Waals surface area contributed by atoms with Gasteiger partial charge >= 0.3 is 0 Å². The zero-order valence-corrected chi connectivity index (χ0v) is 23.1. The maximum atomic E-state index is 13.6. The van der Waals surface area contributed by atoms with Crippen molar-refractivity contribution < 1.29 is 28.6 Å². The van der Waals surface area contributed by atoms with Crippen molar-refractivity contribution in [2.24, 2.45) is 5.92 Å². The molecular formula is C30H31N5O7. The van der Waals surface area contributed by atoms with Gasteiger partial charge in [-0.2, -0.15) is 0 Å². The van der Waals surface area contributed by atoms with E-state index in [9.17, 15) is 19.2 Å². The van der Waals surface area contributed by atoms with Gasteiger partial charge in [0.1, 0.15) is 34.7 Å². The van der Waals surface area contributed by atoms with Crippen LogP contribution in [-0.2, 0) is 11.3 Å². The predicted octanol–water partition coefficient (Wildman–Crippen LogP) is 1.58. The number of H-pyrrole nitrogens is 1. The van der Waals surface area contributed by atoms with Crippen LogP contribution in [0.15, 0.2) is 53.5 Å². The van der Waals surface area contributed by atoms with Gasteiger partial charge in [-0.15, -0.1) is 0 Å². The predicted molar refractivity (Wildman–Crippen MR) is 150 cm³/mol. The normalized spacial score (nSPS) is 20.5. The third kappa shape index (κ3) is 6.37. The molecule has 12 heteroatoms. The second kappa shape index (κ2) is 11.6. The zero-order valence-electron chi connectivity index (χ0n) is 23.1. The van der Waals surface area contributed by atoms with E-state index in [1.54, 1.807) is 37.3 Å². The number of benzene rings is 2. The van der Waals surface area contributed by atoms with Crippen molar-refractivity contribution in [1.29, 1.82) is 0 Å². The highest BCUT2D eigenvalue weighted by Gasteiger charge is 2.39. The largest absolute Gasteiger partial charge is 0.493 e. The van der Waals surface area contributed by atoms with Gasteiger partial charge in [0.25, 0.3) is 23.3 Å². The van der Waals surface area contributed by atoms with Gasteiger partial charge in [-0.25, -0.2) is 4.98 Å². The van der Waals surface area contributed by atoms with E-state index in [-0.39, 0.29) is 36.7 Å². The van der Waals surface area contributed by atoms with Crippen LogP contribution in [0.1, 0.15) is 44.9 Å². The lowest BCUT2D eigenvalue weighted by atomic mass is 10.1. The second-order valence-electron chi connectivity index (χ2n) is 10.8. The number of nitrogens with one attached hydrogen (secondary N) is 3. The van der Waals surface area contributed by atoms with Gasteiger partial charge in [-0.1, -0.05) is 12.1 Å². The molecule has 7 rings (SSSR count). The summed E-state index contributed by atoms with van der Waals surface area (Å²) in [6, 6.07) is 11.4. The van der Waals surface area contributed by atoms with Gasteiger partial charge < -0.3 is 34.7 Å². The summed E-state index contributed by atoms with van der Waals surface area (Å²) in [5.74, 6) is 0.966. The Morgan fingerprint density at radius 2 is 1.88 bits per heavy atom. The summed E-state index contributed by atoms with van der Waals surface area (Å²) in [7, 11) is 0. The summed E-state index contributed by atoms with van der Waals surface area (Å²) in [4.78, 5) is 59.9. The average Bonchev–Trinajstić information content (AvgIpc) is 3.73. The lowest BCUT2D eigenvalue weighted by molar-refractivity contribution is -0.123. The first-order chi connectivity index (χ1) is 20.3. The van der Waals surface area contributed by atoms with Crippen LogP contribution in [0.25, 0.3) is 0 Å². The van der Waals surface area contributed by atoms with Gasteiger partial charge in [0.15, 0.2) is 6.61 Å². The third-order valence-corrected chi connectivity index (χ3v) is 7.42. The minimum Gasteiger partial charge on any atom is -0.493 e. The quantitative estimate of drug-likeness (QED) is 0.426. The molecule has 3 amide bonds. The van der Waals surface area contributed by atoms with E-state index in [1.165, 1.54) is 11.1 Å². The first-order valence-electron chi connectivity index (χ1n) is 13.9. The molecule has 0 radical (unpaired) electrons. The molecule has 4 aliphatic rings. The lowest BCUT2D eigenvalue weighted by Crippen LogP contribution is -2.45. The number of hydrogen-bond acceptors (Lipinski definition) is 8. The van der Waals surface area contributed by atoms with Crippen molar-refractivity contribution in [1.82, 2.24) is 25.5 Å². The number of carbonyl (C=O) groups is 3. The van der Waals surface area contributed by atoms with Crippen LogP contribution in [0, 0.1) is 12.8 Å². The summed E-state index contributed by atoms with van der Waals surface area (Å²) in [6.45, 7) is 2.47. The minimum atomic E-state index is -0.610. The number of hydrogen-bond donors (Lipinski definition) is 3. The number of likely N-dealkylation sites (tertiary alicyclic amines) is 1. The number of fused-ring (bicyclic) bond motifs is 7. The monoisotopic (exact) mass is 573 g/mol. The Morgan fingerprint density at radius 3 is 2.64 bits per heavy atom. The molecule has 3 N–H and O–H groups in total. The molecule has 1 aliphatic carbocycles. The molecule has 2 atom stereocenters. The summed E-state index contributed by atoms with van der Waals surface area (Å²) in [6.07, 6.45) is 2.86. The van der Waals surface area contributed by atoms with Gasteiger partial charge in [0, 0.05) is 30.9 Å². The number of ether oxygens (including phenoxy) is 3. The smallest absolute Gasteiger partial charge is 0.263 e. The fourth-order valence-corrected chi connectivity index (χ4v) is 4.89. The van der Waals surface area contributed by atoms with E-state index in [1.807, 2.05) is 12.1 Å². The molecule has 0 unspecified atom stereocenters. The molecule has 1 saturated heterocycles.